The average molecular weight is 449 g/mol. The van der Waals surface area contributed by atoms with E-state index in [1.807, 2.05) is 23.8 Å². The van der Waals surface area contributed by atoms with Crippen LogP contribution in [-0.4, -0.2) is 29.2 Å². The van der Waals surface area contributed by atoms with Crippen LogP contribution in [0, 0.1) is 0 Å². The van der Waals surface area contributed by atoms with Gasteiger partial charge in [0.25, 0.3) is 5.56 Å². The molecule has 0 saturated carbocycles. The van der Waals surface area contributed by atoms with Gasteiger partial charge in [0.2, 0.25) is 11.2 Å². The predicted octanol–water partition coefficient (Wildman–Crippen LogP) is 3.01. The van der Waals surface area contributed by atoms with E-state index in [2.05, 4.69) is 20.1 Å². The lowest BCUT2D eigenvalue weighted by Gasteiger charge is -2.10. The van der Waals surface area contributed by atoms with Gasteiger partial charge in [-0.2, -0.15) is 21.3 Å². The van der Waals surface area contributed by atoms with Gasteiger partial charge in [0.1, 0.15) is 0 Å². The standard InChI is InChI=1S/C19H21ClN6O3S/c1-2-3-7-25-16-15(22-18(20)23-16)17(27)26(19(25)28)8-4-5-14-21-13(24-29-14)10-12-6-9-30-11-12/h6,9,11H,2-5,7-8,10H2,1H3,(H,22,23). The Balaban J connectivity index is 1.50. The number of rotatable bonds is 9. The molecule has 0 unspecified atom stereocenters. The number of nitrogens with one attached hydrogen (secondary N) is 1. The summed E-state index contributed by atoms with van der Waals surface area (Å²) in [5.74, 6) is 1.11. The van der Waals surface area contributed by atoms with Gasteiger partial charge in [0.15, 0.2) is 17.0 Å². The molecule has 30 heavy (non-hydrogen) atoms. The molecule has 0 aromatic carbocycles. The van der Waals surface area contributed by atoms with Crippen LogP contribution in [0.1, 0.15) is 43.5 Å². The number of aryl methyl sites for hydroxylation is 2. The number of hydrogen-bond acceptors (Lipinski definition) is 7. The van der Waals surface area contributed by atoms with E-state index in [9.17, 15) is 9.59 Å². The van der Waals surface area contributed by atoms with Crippen LogP contribution in [0.25, 0.3) is 11.2 Å². The second-order valence-electron chi connectivity index (χ2n) is 6.99. The van der Waals surface area contributed by atoms with E-state index in [4.69, 9.17) is 16.1 Å². The first-order valence-corrected chi connectivity index (χ1v) is 11.1. The molecular weight excluding hydrogens is 428 g/mol. The van der Waals surface area contributed by atoms with Crippen LogP contribution in [0.5, 0.6) is 0 Å². The molecule has 4 aromatic heterocycles. The summed E-state index contributed by atoms with van der Waals surface area (Å²) < 4.78 is 8.03. The number of fused-ring (bicyclic) bond motifs is 1. The third-order valence-corrected chi connectivity index (χ3v) is 5.70. The monoisotopic (exact) mass is 448 g/mol. The summed E-state index contributed by atoms with van der Waals surface area (Å²) in [5.41, 5.74) is 0.873. The Morgan fingerprint density at radius 2 is 2.03 bits per heavy atom. The van der Waals surface area contributed by atoms with Crippen LogP contribution in [0.3, 0.4) is 0 Å². The minimum absolute atomic E-state index is 0.0912. The number of nitrogens with zero attached hydrogens (tertiary/aromatic N) is 5. The Morgan fingerprint density at radius 3 is 2.80 bits per heavy atom. The van der Waals surface area contributed by atoms with E-state index in [0.717, 1.165) is 18.4 Å². The molecule has 0 aliphatic heterocycles. The number of aromatic amines is 1. The van der Waals surface area contributed by atoms with Crippen LogP contribution in [0.2, 0.25) is 5.28 Å². The molecule has 0 amide bonds. The summed E-state index contributed by atoms with van der Waals surface area (Å²) in [4.78, 5) is 37.0. The van der Waals surface area contributed by atoms with Crippen LogP contribution < -0.4 is 11.2 Å². The molecule has 4 heterocycles. The summed E-state index contributed by atoms with van der Waals surface area (Å²) in [6.45, 7) is 2.74. The Kier molecular flexibility index (Phi) is 6.14. The molecule has 11 heteroatoms. The SMILES string of the molecule is CCCCn1c(=O)n(CCCc2nc(Cc3ccsc3)no2)c(=O)c2[nH]c(Cl)nc21. The highest BCUT2D eigenvalue weighted by Crippen LogP contribution is 2.12. The molecule has 0 fully saturated rings. The molecule has 0 bridgehead atoms. The molecule has 0 atom stereocenters. The van der Waals surface area contributed by atoms with E-state index < -0.39 is 5.56 Å². The Hall–Kier alpha value is -2.72. The van der Waals surface area contributed by atoms with Crippen molar-refractivity contribution in [1.82, 2.24) is 29.2 Å². The largest absolute Gasteiger partial charge is 0.339 e. The fraction of sp³-hybridized carbons (Fsp3) is 0.421. The van der Waals surface area contributed by atoms with Crippen molar-refractivity contribution in [3.05, 3.63) is 60.2 Å². The van der Waals surface area contributed by atoms with Crippen molar-refractivity contribution < 1.29 is 4.52 Å². The lowest BCUT2D eigenvalue weighted by Crippen LogP contribution is -2.40. The first kappa shape index (κ1) is 20.5. The molecule has 0 saturated heterocycles. The lowest BCUT2D eigenvalue weighted by atomic mass is 10.2. The molecule has 0 spiro atoms. The highest BCUT2D eigenvalue weighted by molar-refractivity contribution is 7.07. The summed E-state index contributed by atoms with van der Waals surface area (Å²) >= 11 is 7.57. The highest BCUT2D eigenvalue weighted by atomic mass is 35.5. The zero-order valence-electron chi connectivity index (χ0n) is 16.4. The van der Waals surface area contributed by atoms with Crippen molar-refractivity contribution in [2.45, 2.75) is 52.1 Å². The maximum atomic E-state index is 12.9. The quantitative estimate of drug-likeness (QED) is 0.394. The number of hydrogen-bond donors (Lipinski definition) is 1. The van der Waals surface area contributed by atoms with Crippen molar-refractivity contribution in [2.24, 2.45) is 0 Å². The van der Waals surface area contributed by atoms with Gasteiger partial charge in [0.05, 0.1) is 0 Å². The minimum atomic E-state index is -0.425. The van der Waals surface area contributed by atoms with Crippen LogP contribution in [-0.2, 0) is 25.9 Å². The van der Waals surface area contributed by atoms with Crippen LogP contribution in [0.15, 0.2) is 30.9 Å². The van der Waals surface area contributed by atoms with Crippen molar-refractivity contribution in [3.63, 3.8) is 0 Å². The summed E-state index contributed by atoms with van der Waals surface area (Å²) in [7, 11) is 0. The molecular formula is C19H21ClN6O3S. The summed E-state index contributed by atoms with van der Waals surface area (Å²) in [5, 5.41) is 8.14. The topological polar surface area (TPSA) is 112 Å². The van der Waals surface area contributed by atoms with E-state index >= 15 is 0 Å². The normalized spacial score (nSPS) is 11.5. The smallest absolute Gasteiger partial charge is 0.332 e. The summed E-state index contributed by atoms with van der Waals surface area (Å²) in [6, 6.07) is 2.02. The summed E-state index contributed by atoms with van der Waals surface area (Å²) in [6.07, 6.45) is 3.31. The fourth-order valence-corrected chi connectivity index (χ4v) is 4.12. The predicted molar refractivity (Wildman–Crippen MR) is 114 cm³/mol. The number of H-pyrrole nitrogens is 1. The Labute approximate surface area is 180 Å². The second kappa shape index (κ2) is 8.97. The van der Waals surface area contributed by atoms with Gasteiger partial charge in [-0.3, -0.25) is 13.9 Å². The minimum Gasteiger partial charge on any atom is -0.339 e. The molecule has 4 rings (SSSR count). The maximum Gasteiger partial charge on any atom is 0.332 e. The van der Waals surface area contributed by atoms with Gasteiger partial charge in [-0.05, 0) is 46.8 Å². The number of aromatic nitrogens is 6. The highest BCUT2D eigenvalue weighted by Gasteiger charge is 2.17. The third-order valence-electron chi connectivity index (χ3n) is 4.79. The van der Waals surface area contributed by atoms with E-state index in [0.29, 0.717) is 43.2 Å². The van der Waals surface area contributed by atoms with Gasteiger partial charge in [0, 0.05) is 25.9 Å². The zero-order valence-corrected chi connectivity index (χ0v) is 18.0. The molecule has 0 radical (unpaired) electrons. The van der Waals surface area contributed by atoms with E-state index in [1.165, 1.54) is 9.13 Å². The van der Waals surface area contributed by atoms with Gasteiger partial charge < -0.3 is 9.51 Å². The Bertz CT molecular complexity index is 1250. The average Bonchev–Trinajstić information content (AvgIpc) is 3.47. The van der Waals surface area contributed by atoms with Gasteiger partial charge in [-0.25, -0.2) is 4.79 Å². The molecule has 0 aliphatic rings. The van der Waals surface area contributed by atoms with Crippen molar-refractivity contribution in [2.75, 3.05) is 0 Å². The number of thiophene rings is 1. The maximum absolute atomic E-state index is 12.9. The van der Waals surface area contributed by atoms with Crippen molar-refractivity contribution in [3.8, 4) is 0 Å². The van der Waals surface area contributed by atoms with Gasteiger partial charge in [-0.15, -0.1) is 0 Å². The van der Waals surface area contributed by atoms with Gasteiger partial charge >= 0.3 is 5.69 Å². The van der Waals surface area contributed by atoms with E-state index in [-0.39, 0.29) is 23.0 Å². The second-order valence-corrected chi connectivity index (χ2v) is 8.13. The first-order valence-electron chi connectivity index (χ1n) is 9.78. The van der Waals surface area contributed by atoms with Crippen molar-refractivity contribution >= 4 is 34.1 Å². The molecule has 0 aliphatic carbocycles. The zero-order chi connectivity index (χ0) is 21.1. The molecule has 1 N–H and O–H groups in total. The number of imidazole rings is 1. The molecule has 9 nitrogen and oxygen atoms in total. The van der Waals surface area contributed by atoms with Gasteiger partial charge in [-0.1, -0.05) is 18.5 Å². The van der Waals surface area contributed by atoms with E-state index in [1.54, 1.807) is 11.3 Å². The third kappa shape index (κ3) is 4.24. The Morgan fingerprint density at radius 1 is 1.20 bits per heavy atom. The molecule has 4 aromatic rings. The van der Waals surface area contributed by atoms with Crippen molar-refractivity contribution in [1.29, 1.82) is 0 Å². The first-order chi connectivity index (χ1) is 14.6. The fourth-order valence-electron chi connectivity index (χ4n) is 3.28. The van der Waals surface area contributed by atoms with Crippen LogP contribution >= 0.6 is 22.9 Å². The lowest BCUT2D eigenvalue weighted by molar-refractivity contribution is 0.367. The number of halogens is 1. The van der Waals surface area contributed by atoms with Crippen LogP contribution in [0.4, 0.5) is 0 Å². The molecule has 158 valence electrons. The number of unbranched alkanes of at least 4 members (excludes halogenated alkanes) is 1.